The third-order valence-corrected chi connectivity index (χ3v) is 5.14. The predicted octanol–water partition coefficient (Wildman–Crippen LogP) is 3.25. The van der Waals surface area contributed by atoms with E-state index < -0.39 is 5.97 Å². The molecule has 1 aliphatic heterocycles. The van der Waals surface area contributed by atoms with Gasteiger partial charge in [0.1, 0.15) is 5.56 Å². The largest absolute Gasteiger partial charge is 0.462 e. The number of hydrogen-bond donors (Lipinski definition) is 1. The van der Waals surface area contributed by atoms with Crippen LogP contribution in [0.5, 0.6) is 0 Å². The molecule has 0 radical (unpaired) electrons. The molecule has 1 unspecified atom stereocenters. The van der Waals surface area contributed by atoms with Crippen molar-refractivity contribution >= 4 is 5.97 Å². The van der Waals surface area contributed by atoms with Crippen molar-refractivity contribution in [2.75, 3.05) is 6.61 Å². The first-order chi connectivity index (χ1) is 12.4. The molecule has 1 aliphatic rings. The summed E-state index contributed by atoms with van der Waals surface area (Å²) in [5.41, 5.74) is 4.53. The Hall–Kier alpha value is -2.40. The van der Waals surface area contributed by atoms with Gasteiger partial charge < -0.3 is 14.4 Å². The van der Waals surface area contributed by atoms with Crippen LogP contribution < -0.4 is 5.43 Å². The maximum Gasteiger partial charge on any atom is 0.343 e. The zero-order chi connectivity index (χ0) is 19.0. The quantitative estimate of drug-likeness (QED) is 0.855. The smallest absolute Gasteiger partial charge is 0.343 e. The lowest BCUT2D eigenvalue weighted by Crippen LogP contribution is -2.28. The number of aliphatic hydroxyl groups excluding tert-OH is 1. The first kappa shape index (κ1) is 18.4. The van der Waals surface area contributed by atoms with E-state index in [4.69, 9.17) is 4.74 Å². The van der Waals surface area contributed by atoms with Gasteiger partial charge in [-0.25, -0.2) is 4.79 Å². The number of ether oxygens (including phenoxy) is 1. The van der Waals surface area contributed by atoms with Crippen molar-refractivity contribution in [2.24, 2.45) is 5.92 Å². The zero-order valence-corrected chi connectivity index (χ0v) is 15.7. The Morgan fingerprint density at radius 2 is 2.08 bits per heavy atom. The van der Waals surface area contributed by atoms with Gasteiger partial charge in [0.25, 0.3) is 0 Å². The SMILES string of the molecule is CCOC(=O)c1cn2c(cc1=O)-c1cc(CO)c(C)cc1CC2C(C)C. The molecule has 0 saturated heterocycles. The van der Waals surface area contributed by atoms with Gasteiger partial charge in [0, 0.05) is 23.9 Å². The van der Waals surface area contributed by atoms with Crippen molar-refractivity contribution in [3.8, 4) is 11.3 Å². The number of aryl methyl sites for hydroxylation is 1. The number of benzene rings is 1. The van der Waals surface area contributed by atoms with Crippen LogP contribution in [0, 0.1) is 12.8 Å². The molecule has 3 rings (SSSR count). The van der Waals surface area contributed by atoms with Gasteiger partial charge in [-0.3, -0.25) is 4.79 Å². The number of carbonyl (C=O) groups is 1. The van der Waals surface area contributed by atoms with Crippen molar-refractivity contribution in [2.45, 2.75) is 46.8 Å². The molecule has 26 heavy (non-hydrogen) atoms. The monoisotopic (exact) mass is 355 g/mol. The average Bonchev–Trinajstić information content (AvgIpc) is 2.59. The fourth-order valence-corrected chi connectivity index (χ4v) is 3.67. The van der Waals surface area contributed by atoms with Crippen molar-refractivity contribution in [3.05, 3.63) is 56.9 Å². The zero-order valence-electron chi connectivity index (χ0n) is 15.7. The average molecular weight is 355 g/mol. The fourth-order valence-electron chi connectivity index (χ4n) is 3.67. The molecule has 1 atom stereocenters. The highest BCUT2D eigenvalue weighted by atomic mass is 16.5. The molecule has 0 amide bonds. The van der Waals surface area contributed by atoms with Crippen LogP contribution in [0.2, 0.25) is 0 Å². The fraction of sp³-hybridized carbons (Fsp3) is 0.429. The third-order valence-electron chi connectivity index (χ3n) is 5.14. The molecule has 1 aromatic carbocycles. The second kappa shape index (κ2) is 7.08. The number of carbonyl (C=O) groups excluding carboxylic acids is 1. The van der Waals surface area contributed by atoms with Gasteiger partial charge in [-0.15, -0.1) is 0 Å². The molecule has 1 N–H and O–H groups in total. The second-order valence-corrected chi connectivity index (χ2v) is 7.17. The lowest BCUT2D eigenvalue weighted by molar-refractivity contribution is 0.0523. The lowest BCUT2D eigenvalue weighted by atomic mass is 9.85. The van der Waals surface area contributed by atoms with Crippen LogP contribution >= 0.6 is 0 Å². The minimum absolute atomic E-state index is 0.0438. The minimum atomic E-state index is -0.582. The van der Waals surface area contributed by atoms with E-state index in [1.165, 1.54) is 11.6 Å². The van der Waals surface area contributed by atoms with E-state index in [0.29, 0.717) is 5.92 Å². The molecular weight excluding hydrogens is 330 g/mol. The second-order valence-electron chi connectivity index (χ2n) is 7.17. The van der Waals surface area contributed by atoms with E-state index in [1.54, 1.807) is 13.1 Å². The van der Waals surface area contributed by atoms with Crippen LogP contribution in [0.1, 0.15) is 53.9 Å². The van der Waals surface area contributed by atoms with Crippen molar-refractivity contribution < 1.29 is 14.6 Å². The van der Waals surface area contributed by atoms with E-state index in [2.05, 4.69) is 19.9 Å². The van der Waals surface area contributed by atoms with Gasteiger partial charge in [0.15, 0.2) is 5.43 Å². The summed E-state index contributed by atoms with van der Waals surface area (Å²) in [6, 6.07) is 5.72. The van der Waals surface area contributed by atoms with Crippen LogP contribution in [0.15, 0.2) is 29.2 Å². The van der Waals surface area contributed by atoms with Crippen molar-refractivity contribution in [1.29, 1.82) is 0 Å². The van der Waals surface area contributed by atoms with Gasteiger partial charge >= 0.3 is 5.97 Å². The third kappa shape index (κ3) is 3.07. The summed E-state index contributed by atoms with van der Waals surface area (Å²) in [4.78, 5) is 24.7. The summed E-state index contributed by atoms with van der Waals surface area (Å²) in [5, 5.41) is 9.61. The first-order valence-electron chi connectivity index (χ1n) is 9.04. The topological polar surface area (TPSA) is 68.5 Å². The summed E-state index contributed by atoms with van der Waals surface area (Å²) in [5.74, 6) is -0.252. The molecule has 0 spiro atoms. The highest BCUT2D eigenvalue weighted by Gasteiger charge is 2.28. The molecule has 138 valence electrons. The molecule has 1 aromatic heterocycles. The number of hydrogen-bond acceptors (Lipinski definition) is 4. The molecule has 0 bridgehead atoms. The number of pyridine rings is 1. The van der Waals surface area contributed by atoms with E-state index in [1.807, 2.05) is 17.6 Å². The van der Waals surface area contributed by atoms with Crippen molar-refractivity contribution in [1.82, 2.24) is 4.57 Å². The molecule has 0 aliphatic carbocycles. The number of nitrogens with zero attached hydrogens (tertiary/aromatic N) is 1. The van der Waals surface area contributed by atoms with Gasteiger partial charge in [-0.2, -0.15) is 0 Å². The molecule has 5 heteroatoms. The Morgan fingerprint density at radius 1 is 1.35 bits per heavy atom. The standard InChI is InChI=1S/C21H25NO4/c1-5-26-21(25)17-10-22-18(12(2)3)8-14-6-13(4)15(11-23)7-16(14)19(22)9-20(17)24/h6-7,9-10,12,18,23H,5,8,11H2,1-4H3. The first-order valence-corrected chi connectivity index (χ1v) is 9.04. The van der Waals surface area contributed by atoms with Crippen LogP contribution in [0.25, 0.3) is 11.3 Å². The summed E-state index contributed by atoms with van der Waals surface area (Å²) in [6.07, 6.45) is 2.46. The highest BCUT2D eigenvalue weighted by molar-refractivity contribution is 5.89. The number of rotatable bonds is 4. The van der Waals surface area contributed by atoms with Crippen LogP contribution in [0.3, 0.4) is 0 Å². The maximum atomic E-state index is 12.6. The highest BCUT2D eigenvalue weighted by Crippen LogP contribution is 2.38. The van der Waals surface area contributed by atoms with Gasteiger partial charge in [-0.05, 0) is 48.9 Å². The van der Waals surface area contributed by atoms with Gasteiger partial charge in [0.2, 0.25) is 0 Å². The Balaban J connectivity index is 2.25. The summed E-state index contributed by atoms with van der Waals surface area (Å²) in [7, 11) is 0. The molecular formula is C21H25NO4. The number of fused-ring (bicyclic) bond motifs is 3. The predicted molar refractivity (Wildman–Crippen MR) is 100 cm³/mol. The van der Waals surface area contributed by atoms with E-state index in [9.17, 15) is 14.7 Å². The minimum Gasteiger partial charge on any atom is -0.462 e. The van der Waals surface area contributed by atoms with Crippen LogP contribution in [-0.2, 0) is 17.8 Å². The summed E-state index contributed by atoms with van der Waals surface area (Å²) in [6.45, 7) is 8.17. The summed E-state index contributed by atoms with van der Waals surface area (Å²) >= 11 is 0. The Morgan fingerprint density at radius 3 is 2.69 bits per heavy atom. The van der Waals surface area contributed by atoms with Crippen LogP contribution in [-0.4, -0.2) is 22.2 Å². The van der Waals surface area contributed by atoms with E-state index >= 15 is 0 Å². The summed E-state index contributed by atoms with van der Waals surface area (Å²) < 4.78 is 7.06. The number of aliphatic hydroxyl groups is 1. The van der Waals surface area contributed by atoms with Crippen LogP contribution in [0.4, 0.5) is 0 Å². The molecule has 2 heterocycles. The Labute approximate surface area is 153 Å². The number of esters is 1. The molecule has 2 aromatic rings. The van der Waals surface area contributed by atoms with E-state index in [0.717, 1.165) is 28.8 Å². The Kier molecular flexibility index (Phi) is 5.01. The Bertz CT molecular complexity index is 911. The molecule has 0 fully saturated rings. The molecule has 0 saturated carbocycles. The van der Waals surface area contributed by atoms with Gasteiger partial charge in [0.05, 0.1) is 18.9 Å². The number of aromatic nitrogens is 1. The normalized spacial score (nSPS) is 15.5. The molecule has 5 nitrogen and oxygen atoms in total. The van der Waals surface area contributed by atoms with E-state index in [-0.39, 0.29) is 30.2 Å². The van der Waals surface area contributed by atoms with Gasteiger partial charge in [-0.1, -0.05) is 19.9 Å². The van der Waals surface area contributed by atoms with Crippen molar-refractivity contribution in [3.63, 3.8) is 0 Å². The lowest BCUT2D eigenvalue weighted by Gasteiger charge is -2.34. The maximum absolute atomic E-state index is 12.6.